The van der Waals surface area contributed by atoms with E-state index in [0.717, 1.165) is 18.3 Å². The van der Waals surface area contributed by atoms with E-state index in [1.807, 2.05) is 0 Å². The van der Waals surface area contributed by atoms with E-state index in [1.165, 1.54) is 37.2 Å². The maximum Gasteiger partial charge on any atom is 0.268 e. The van der Waals surface area contributed by atoms with Crippen LogP contribution in [0.15, 0.2) is 46.5 Å². The highest BCUT2D eigenvalue weighted by Gasteiger charge is 2.23. The summed E-state index contributed by atoms with van der Waals surface area (Å²) in [5, 5.41) is 3.33. The van der Waals surface area contributed by atoms with Crippen molar-refractivity contribution in [1.82, 2.24) is 24.5 Å². The largest absolute Gasteiger partial charge is 0.480 e. The predicted molar refractivity (Wildman–Crippen MR) is 124 cm³/mol. The summed E-state index contributed by atoms with van der Waals surface area (Å²) in [4.78, 5) is 28.6. The second-order valence-electron chi connectivity index (χ2n) is 6.96. The van der Waals surface area contributed by atoms with Gasteiger partial charge in [-0.1, -0.05) is 11.6 Å². The number of rotatable bonds is 6. The van der Waals surface area contributed by atoms with Crippen LogP contribution in [0.1, 0.15) is 0 Å². The average molecular weight is 506 g/mol. The number of nitrogens with one attached hydrogen (secondary N) is 2. The predicted octanol–water partition coefficient (Wildman–Crippen LogP) is 2.43. The molecule has 0 aliphatic heterocycles. The van der Waals surface area contributed by atoms with Crippen molar-refractivity contribution in [3.8, 4) is 17.0 Å². The van der Waals surface area contributed by atoms with Crippen molar-refractivity contribution < 1.29 is 17.5 Å². The van der Waals surface area contributed by atoms with Gasteiger partial charge in [0.2, 0.25) is 11.8 Å². The van der Waals surface area contributed by atoms with Gasteiger partial charge in [-0.3, -0.25) is 14.1 Å². The Balaban J connectivity index is 1.81. The Morgan fingerprint density at radius 1 is 1.09 bits per heavy atom. The molecule has 176 valence electrons. The van der Waals surface area contributed by atoms with Crippen LogP contribution in [-0.2, 0) is 17.1 Å². The third-order valence-electron chi connectivity index (χ3n) is 4.82. The van der Waals surface area contributed by atoms with E-state index in [9.17, 15) is 17.6 Å². The normalized spacial score (nSPS) is 11.4. The van der Waals surface area contributed by atoms with E-state index in [2.05, 4.69) is 30.0 Å². The number of sulfonamides is 1. The molecule has 0 aliphatic carbocycles. The number of aryl methyl sites for hydroxylation is 1. The highest BCUT2D eigenvalue weighted by Crippen LogP contribution is 2.28. The van der Waals surface area contributed by atoms with Crippen molar-refractivity contribution in [2.24, 2.45) is 7.05 Å². The molecular formula is C20H17ClFN7O4S. The molecular weight excluding hydrogens is 489 g/mol. The van der Waals surface area contributed by atoms with E-state index >= 15 is 0 Å². The zero-order valence-corrected chi connectivity index (χ0v) is 19.6. The number of fused-ring (bicyclic) bond motifs is 1. The first-order chi connectivity index (χ1) is 16.1. The molecule has 0 fully saturated rings. The number of hydrogen-bond donors (Lipinski definition) is 2. The Hall–Kier alpha value is -3.84. The first-order valence-electron chi connectivity index (χ1n) is 9.57. The van der Waals surface area contributed by atoms with Gasteiger partial charge in [0.05, 0.1) is 23.9 Å². The Labute approximate surface area is 197 Å². The smallest absolute Gasteiger partial charge is 0.268 e. The van der Waals surface area contributed by atoms with Gasteiger partial charge in [-0.2, -0.15) is 4.98 Å². The number of nitrogens with zero attached hydrogens (tertiary/aromatic N) is 5. The molecule has 0 spiro atoms. The lowest BCUT2D eigenvalue weighted by Crippen LogP contribution is -2.21. The fourth-order valence-electron chi connectivity index (χ4n) is 3.21. The number of ether oxygens (including phenoxy) is 1. The van der Waals surface area contributed by atoms with E-state index in [1.54, 1.807) is 7.05 Å². The molecule has 11 nitrogen and oxygen atoms in total. The highest BCUT2D eigenvalue weighted by atomic mass is 35.5. The molecule has 14 heteroatoms. The van der Waals surface area contributed by atoms with Crippen LogP contribution in [0, 0.1) is 5.82 Å². The molecule has 0 amide bonds. The van der Waals surface area contributed by atoms with Gasteiger partial charge in [0.1, 0.15) is 17.3 Å². The summed E-state index contributed by atoms with van der Waals surface area (Å²) in [6, 6.07) is 3.69. The van der Waals surface area contributed by atoms with Crippen LogP contribution >= 0.6 is 11.6 Å². The first-order valence-corrected chi connectivity index (χ1v) is 11.4. The van der Waals surface area contributed by atoms with Crippen molar-refractivity contribution >= 4 is 44.4 Å². The Bertz CT molecular complexity index is 1590. The van der Waals surface area contributed by atoms with Crippen LogP contribution in [0.4, 0.5) is 16.2 Å². The molecule has 4 aromatic rings. The lowest BCUT2D eigenvalue weighted by Gasteiger charge is -2.13. The number of hydrogen-bond acceptors (Lipinski definition) is 9. The quantitative estimate of drug-likeness (QED) is 0.404. The molecule has 34 heavy (non-hydrogen) atoms. The average Bonchev–Trinajstić information content (AvgIpc) is 2.82. The molecule has 0 unspecified atom stereocenters. The molecule has 0 aliphatic rings. The third kappa shape index (κ3) is 4.22. The lowest BCUT2D eigenvalue weighted by molar-refractivity contribution is 0.385. The number of anilines is 2. The second-order valence-corrected chi connectivity index (χ2v) is 9.05. The summed E-state index contributed by atoms with van der Waals surface area (Å²) in [7, 11) is 0.108. The van der Waals surface area contributed by atoms with Crippen LogP contribution in [0.25, 0.3) is 22.2 Å². The van der Waals surface area contributed by atoms with Crippen LogP contribution in [0.5, 0.6) is 5.88 Å². The lowest BCUT2D eigenvalue weighted by atomic mass is 10.1. The molecule has 0 aromatic carbocycles. The van der Waals surface area contributed by atoms with Gasteiger partial charge >= 0.3 is 0 Å². The summed E-state index contributed by atoms with van der Waals surface area (Å²) in [6.07, 6.45) is 3.52. The molecule has 4 heterocycles. The minimum Gasteiger partial charge on any atom is -0.480 e. The molecule has 0 saturated heterocycles. The summed E-state index contributed by atoms with van der Waals surface area (Å²) in [6.45, 7) is 0. The van der Waals surface area contributed by atoms with Gasteiger partial charge in [0, 0.05) is 37.4 Å². The van der Waals surface area contributed by atoms with Gasteiger partial charge in [-0.05, 0) is 18.2 Å². The Morgan fingerprint density at radius 2 is 1.85 bits per heavy atom. The van der Waals surface area contributed by atoms with E-state index < -0.39 is 21.4 Å². The monoisotopic (exact) mass is 505 g/mol. The van der Waals surface area contributed by atoms with Gasteiger partial charge in [-0.15, -0.1) is 0 Å². The van der Waals surface area contributed by atoms with Gasteiger partial charge in [0.25, 0.3) is 15.6 Å². The van der Waals surface area contributed by atoms with Crippen molar-refractivity contribution in [1.29, 1.82) is 0 Å². The maximum absolute atomic E-state index is 14.7. The van der Waals surface area contributed by atoms with Crippen molar-refractivity contribution in [3.63, 3.8) is 0 Å². The zero-order valence-electron chi connectivity index (χ0n) is 18.0. The SMILES string of the molecule is CNc1ncc2cc(-c3cc(NS(=O)(=O)c4cc(Cl)cnc4OC)ncc3F)c(=O)n(C)c2n1. The van der Waals surface area contributed by atoms with E-state index in [4.69, 9.17) is 16.3 Å². The number of aromatic nitrogens is 5. The zero-order chi connectivity index (χ0) is 24.6. The first kappa shape index (κ1) is 23.3. The minimum absolute atomic E-state index is 0.0295. The topological polar surface area (TPSA) is 141 Å². The summed E-state index contributed by atoms with van der Waals surface area (Å²) >= 11 is 5.88. The third-order valence-corrected chi connectivity index (χ3v) is 6.38. The molecule has 0 atom stereocenters. The standard InChI is InChI=1S/C20H17ClFN7O4S/c1-23-20-26-7-10-4-13(19(30)29(2)17(10)27-20)12-6-16(24-9-14(12)22)28-34(31,32)15-5-11(21)8-25-18(15)33-3/h4-9H,1-3H3,(H,24,28)(H,23,26,27). The highest BCUT2D eigenvalue weighted by molar-refractivity contribution is 7.92. The molecule has 4 aromatic heterocycles. The maximum atomic E-state index is 14.7. The van der Waals surface area contributed by atoms with Gasteiger partial charge < -0.3 is 10.1 Å². The summed E-state index contributed by atoms with van der Waals surface area (Å²) < 4.78 is 49.0. The molecule has 0 bridgehead atoms. The van der Waals surface area contributed by atoms with Crippen molar-refractivity contribution in [2.45, 2.75) is 4.90 Å². The summed E-state index contributed by atoms with van der Waals surface area (Å²) in [5.74, 6) is -0.937. The fourth-order valence-corrected chi connectivity index (χ4v) is 4.58. The van der Waals surface area contributed by atoms with Crippen LogP contribution in [-0.4, -0.2) is 47.1 Å². The van der Waals surface area contributed by atoms with Crippen LogP contribution in [0.2, 0.25) is 5.02 Å². The fraction of sp³-hybridized carbons (Fsp3) is 0.150. The molecule has 0 saturated carbocycles. The Morgan fingerprint density at radius 3 is 2.56 bits per heavy atom. The molecule has 2 N–H and O–H groups in total. The van der Waals surface area contributed by atoms with Gasteiger partial charge in [0.15, 0.2) is 4.90 Å². The molecule has 0 radical (unpaired) electrons. The number of halogens is 2. The molecule has 4 rings (SSSR count). The van der Waals surface area contributed by atoms with Gasteiger partial charge in [-0.25, -0.2) is 27.8 Å². The number of pyridine rings is 3. The van der Waals surface area contributed by atoms with Crippen LogP contribution < -0.4 is 20.3 Å². The Kier molecular flexibility index (Phi) is 6.06. The van der Waals surface area contributed by atoms with E-state index in [-0.39, 0.29) is 32.7 Å². The minimum atomic E-state index is -4.27. The summed E-state index contributed by atoms with van der Waals surface area (Å²) in [5.41, 5.74) is -0.404. The van der Waals surface area contributed by atoms with Crippen molar-refractivity contribution in [3.05, 3.63) is 58.0 Å². The van der Waals surface area contributed by atoms with Crippen molar-refractivity contribution in [2.75, 3.05) is 24.2 Å². The van der Waals surface area contributed by atoms with E-state index in [0.29, 0.717) is 17.0 Å². The van der Waals surface area contributed by atoms with Crippen LogP contribution in [0.3, 0.4) is 0 Å². The second kappa shape index (κ2) is 8.83. The number of methoxy groups -OCH3 is 1.